The fraction of sp³-hybridized carbons (Fsp3) is 0.400. The largest absolute Gasteiger partial charge is 0.493 e. The number of carbonyl (C=O) groups excluding carboxylic acids is 1. The summed E-state index contributed by atoms with van der Waals surface area (Å²) in [4.78, 5) is 14.4. The first-order valence-corrected chi connectivity index (χ1v) is 6.80. The van der Waals surface area contributed by atoms with E-state index in [1.165, 1.54) is 6.08 Å². The van der Waals surface area contributed by atoms with Gasteiger partial charge < -0.3 is 9.47 Å². The molecule has 1 rings (SSSR count). The smallest absolute Gasteiger partial charge is 0.340 e. The van der Waals surface area contributed by atoms with Gasteiger partial charge in [-0.2, -0.15) is 0 Å². The fourth-order valence-electron chi connectivity index (χ4n) is 1.69. The summed E-state index contributed by atoms with van der Waals surface area (Å²) in [5.74, 6) is 0.101. The number of azide groups is 1. The maximum Gasteiger partial charge on any atom is 0.340 e. The Morgan fingerprint density at radius 2 is 2.19 bits per heavy atom. The Morgan fingerprint density at radius 3 is 2.81 bits per heavy atom. The molecule has 0 bridgehead atoms. The summed E-state index contributed by atoms with van der Waals surface area (Å²) in [7, 11) is 0. The third-order valence-electron chi connectivity index (χ3n) is 2.72. The van der Waals surface area contributed by atoms with Crippen LogP contribution in [0.25, 0.3) is 16.5 Å². The van der Waals surface area contributed by atoms with Crippen LogP contribution < -0.4 is 4.74 Å². The second-order valence-electron chi connectivity index (χ2n) is 4.26. The summed E-state index contributed by atoms with van der Waals surface area (Å²) >= 11 is 0. The molecule has 6 nitrogen and oxygen atoms in total. The topological polar surface area (TPSA) is 84.3 Å². The van der Waals surface area contributed by atoms with Gasteiger partial charge in [0.05, 0.1) is 13.2 Å². The van der Waals surface area contributed by atoms with E-state index in [1.807, 2.05) is 32.0 Å². The van der Waals surface area contributed by atoms with E-state index < -0.39 is 5.97 Å². The number of esters is 1. The second-order valence-corrected chi connectivity index (χ2v) is 4.26. The molecule has 1 aromatic rings. The summed E-state index contributed by atoms with van der Waals surface area (Å²) in [6.07, 6.45) is 2.41. The molecule has 21 heavy (non-hydrogen) atoms. The quantitative estimate of drug-likeness (QED) is 0.250. The highest BCUT2D eigenvalue weighted by Crippen LogP contribution is 2.24. The van der Waals surface area contributed by atoms with Crippen LogP contribution in [0, 0.1) is 6.92 Å². The molecular weight excluding hydrogens is 270 g/mol. The Kier molecular flexibility index (Phi) is 6.84. The van der Waals surface area contributed by atoms with Gasteiger partial charge in [0, 0.05) is 4.91 Å². The van der Waals surface area contributed by atoms with Gasteiger partial charge in [-0.3, -0.25) is 0 Å². The Labute approximate surface area is 124 Å². The van der Waals surface area contributed by atoms with Gasteiger partial charge in [-0.25, -0.2) is 4.79 Å². The van der Waals surface area contributed by atoms with E-state index in [9.17, 15) is 4.79 Å². The molecular formula is C15H19N3O3. The van der Waals surface area contributed by atoms with Crippen LogP contribution in [-0.4, -0.2) is 19.2 Å². The highest BCUT2D eigenvalue weighted by atomic mass is 16.5. The van der Waals surface area contributed by atoms with Crippen molar-refractivity contribution in [1.82, 2.24) is 0 Å². The van der Waals surface area contributed by atoms with Crippen LogP contribution in [0.15, 0.2) is 29.0 Å². The number of hydrogen-bond acceptors (Lipinski definition) is 4. The molecule has 0 amide bonds. The lowest BCUT2D eigenvalue weighted by molar-refractivity contribution is -0.138. The molecule has 6 heteroatoms. The number of benzene rings is 1. The van der Waals surface area contributed by atoms with Crippen molar-refractivity contribution < 1.29 is 14.3 Å². The normalized spacial score (nSPS) is 10.7. The van der Waals surface area contributed by atoms with E-state index in [4.69, 9.17) is 15.0 Å². The Hall–Kier alpha value is -2.46. The van der Waals surface area contributed by atoms with Gasteiger partial charge >= 0.3 is 5.97 Å². The molecule has 0 N–H and O–H groups in total. The van der Waals surface area contributed by atoms with Crippen LogP contribution in [0.3, 0.4) is 0 Å². The van der Waals surface area contributed by atoms with Gasteiger partial charge in [0.25, 0.3) is 0 Å². The van der Waals surface area contributed by atoms with Crippen LogP contribution in [0.2, 0.25) is 0 Å². The van der Waals surface area contributed by atoms with Crippen molar-refractivity contribution in [3.05, 3.63) is 45.5 Å². The molecule has 0 saturated heterocycles. The number of rotatable bonds is 7. The molecule has 0 heterocycles. The minimum atomic E-state index is -0.644. The molecule has 0 unspecified atom stereocenters. The van der Waals surface area contributed by atoms with Crippen molar-refractivity contribution in [3.8, 4) is 5.75 Å². The van der Waals surface area contributed by atoms with Gasteiger partial charge in [0.2, 0.25) is 0 Å². The standard InChI is InChI=1S/C15H19N3O3/c1-4-9-21-14-8-6-7-12(11(14)3)10-13(17-18-16)15(19)20-5-2/h6-8,10H,4-5,9H2,1-3H3. The van der Waals surface area contributed by atoms with Crippen molar-refractivity contribution >= 4 is 12.0 Å². The van der Waals surface area contributed by atoms with Crippen LogP contribution >= 0.6 is 0 Å². The van der Waals surface area contributed by atoms with Crippen molar-refractivity contribution in [2.24, 2.45) is 5.11 Å². The summed E-state index contributed by atoms with van der Waals surface area (Å²) in [5, 5.41) is 3.40. The van der Waals surface area contributed by atoms with Crippen LogP contribution in [0.5, 0.6) is 5.75 Å². The monoisotopic (exact) mass is 289 g/mol. The van der Waals surface area contributed by atoms with Gasteiger partial charge in [-0.05, 0) is 49.1 Å². The Morgan fingerprint density at radius 1 is 1.43 bits per heavy atom. The molecule has 0 saturated carbocycles. The maximum atomic E-state index is 11.7. The number of nitrogens with zero attached hydrogens (tertiary/aromatic N) is 3. The van der Waals surface area contributed by atoms with Gasteiger partial charge in [-0.1, -0.05) is 24.2 Å². The average molecular weight is 289 g/mol. The molecule has 1 aromatic carbocycles. The van der Waals surface area contributed by atoms with Crippen molar-refractivity contribution in [1.29, 1.82) is 0 Å². The minimum absolute atomic E-state index is 0.0740. The van der Waals surface area contributed by atoms with E-state index >= 15 is 0 Å². The molecule has 0 atom stereocenters. The lowest BCUT2D eigenvalue weighted by Gasteiger charge is -2.10. The molecule has 0 aliphatic heterocycles. The van der Waals surface area contributed by atoms with Crippen molar-refractivity contribution in [2.75, 3.05) is 13.2 Å². The van der Waals surface area contributed by atoms with Gasteiger partial charge in [0.15, 0.2) is 0 Å². The zero-order valence-electron chi connectivity index (χ0n) is 12.5. The fourth-order valence-corrected chi connectivity index (χ4v) is 1.69. The Bertz CT molecular complexity index is 576. The first-order valence-electron chi connectivity index (χ1n) is 6.80. The molecule has 0 spiro atoms. The Balaban J connectivity index is 3.15. The van der Waals surface area contributed by atoms with E-state index in [-0.39, 0.29) is 12.3 Å². The predicted octanol–water partition coefficient (Wildman–Crippen LogP) is 4.00. The van der Waals surface area contributed by atoms with Crippen LogP contribution in [0.1, 0.15) is 31.4 Å². The number of hydrogen-bond donors (Lipinski definition) is 0. The summed E-state index contributed by atoms with van der Waals surface area (Å²) < 4.78 is 10.5. The second kappa shape index (κ2) is 8.66. The number of carbonyl (C=O) groups is 1. The minimum Gasteiger partial charge on any atom is -0.493 e. The van der Waals surface area contributed by atoms with E-state index in [0.29, 0.717) is 6.61 Å². The number of ether oxygens (including phenoxy) is 2. The maximum absolute atomic E-state index is 11.7. The molecule has 0 fully saturated rings. The zero-order chi connectivity index (χ0) is 15.7. The average Bonchev–Trinajstić information content (AvgIpc) is 2.47. The third-order valence-corrected chi connectivity index (χ3v) is 2.72. The molecule has 112 valence electrons. The van der Waals surface area contributed by atoms with Crippen LogP contribution in [0.4, 0.5) is 0 Å². The molecule has 0 aliphatic rings. The van der Waals surface area contributed by atoms with Crippen molar-refractivity contribution in [2.45, 2.75) is 27.2 Å². The van der Waals surface area contributed by atoms with Crippen LogP contribution in [-0.2, 0) is 9.53 Å². The first-order chi connectivity index (χ1) is 10.1. The van der Waals surface area contributed by atoms with E-state index in [1.54, 1.807) is 6.92 Å². The SMILES string of the molecule is CCCOc1cccc(C=C(N=[N+]=[N-])C(=O)OCC)c1C. The first kappa shape index (κ1) is 16.6. The highest BCUT2D eigenvalue weighted by molar-refractivity contribution is 5.93. The van der Waals surface area contributed by atoms with Gasteiger partial charge in [0.1, 0.15) is 11.4 Å². The van der Waals surface area contributed by atoms with E-state index in [2.05, 4.69) is 10.0 Å². The van der Waals surface area contributed by atoms with Gasteiger partial charge in [-0.15, -0.1) is 0 Å². The molecule has 0 radical (unpaired) electrons. The predicted molar refractivity (Wildman–Crippen MR) is 80.7 cm³/mol. The lowest BCUT2D eigenvalue weighted by atomic mass is 10.1. The summed E-state index contributed by atoms with van der Waals surface area (Å²) in [6.45, 7) is 6.44. The molecule has 0 aromatic heterocycles. The summed E-state index contributed by atoms with van der Waals surface area (Å²) in [5.41, 5.74) is 10.1. The zero-order valence-corrected chi connectivity index (χ0v) is 12.5. The third kappa shape index (κ3) is 4.85. The highest BCUT2D eigenvalue weighted by Gasteiger charge is 2.10. The van der Waals surface area contributed by atoms with E-state index in [0.717, 1.165) is 23.3 Å². The molecule has 0 aliphatic carbocycles. The summed E-state index contributed by atoms with van der Waals surface area (Å²) in [6, 6.07) is 5.50. The lowest BCUT2D eigenvalue weighted by Crippen LogP contribution is -2.06. The van der Waals surface area contributed by atoms with Crippen molar-refractivity contribution in [3.63, 3.8) is 0 Å².